The number of carbonyl (C=O) groups is 1. The molecule has 2 aromatic heterocycles. The van der Waals surface area contributed by atoms with Crippen molar-refractivity contribution < 1.29 is 4.79 Å². The summed E-state index contributed by atoms with van der Waals surface area (Å²) in [6, 6.07) is 7.21. The summed E-state index contributed by atoms with van der Waals surface area (Å²) in [5.74, 6) is -0.391. The van der Waals surface area contributed by atoms with E-state index in [4.69, 9.17) is 11.6 Å². The fourth-order valence-corrected chi connectivity index (χ4v) is 3.11. The number of thiazole rings is 1. The molecule has 1 amide bonds. The van der Waals surface area contributed by atoms with Gasteiger partial charge in [0.15, 0.2) is 5.13 Å². The first-order valence-electron chi connectivity index (χ1n) is 7.26. The molecule has 3 aromatic rings. The highest BCUT2D eigenvalue weighted by Crippen LogP contribution is 2.26. The number of amides is 1. The van der Waals surface area contributed by atoms with E-state index in [0.717, 1.165) is 11.3 Å². The highest BCUT2D eigenvalue weighted by atomic mass is 35.5. The molecule has 0 aliphatic rings. The first-order valence-corrected chi connectivity index (χ1v) is 8.51. The quantitative estimate of drug-likeness (QED) is 0.649. The maximum absolute atomic E-state index is 12.2. The molecular weight excluding hydrogens is 364 g/mol. The highest BCUT2D eigenvalue weighted by Gasteiger charge is 2.13. The van der Waals surface area contributed by atoms with Crippen LogP contribution in [0.2, 0.25) is 5.02 Å². The summed E-state index contributed by atoms with van der Waals surface area (Å²) in [7, 11) is 0. The number of benzene rings is 1. The Morgan fingerprint density at radius 3 is 2.64 bits per heavy atom. The molecule has 9 heteroatoms. The molecule has 0 radical (unpaired) electrons. The Balaban J connectivity index is 1.73. The van der Waals surface area contributed by atoms with Crippen LogP contribution in [-0.4, -0.2) is 20.9 Å². The van der Waals surface area contributed by atoms with Crippen LogP contribution in [0, 0.1) is 6.92 Å². The zero-order valence-electron chi connectivity index (χ0n) is 13.1. The summed E-state index contributed by atoms with van der Waals surface area (Å²) in [4.78, 5) is 44.0. The lowest BCUT2D eigenvalue weighted by molar-refractivity contribution is -0.115. The van der Waals surface area contributed by atoms with Crippen molar-refractivity contribution in [2.24, 2.45) is 0 Å². The van der Waals surface area contributed by atoms with Crippen LogP contribution >= 0.6 is 22.9 Å². The summed E-state index contributed by atoms with van der Waals surface area (Å²) >= 11 is 7.14. The van der Waals surface area contributed by atoms with E-state index in [2.05, 4.69) is 20.3 Å². The topological polar surface area (TPSA) is 108 Å². The third-order valence-corrected chi connectivity index (χ3v) is 4.49. The molecule has 0 aliphatic heterocycles. The molecule has 2 heterocycles. The van der Waals surface area contributed by atoms with Crippen molar-refractivity contribution in [2.75, 3.05) is 5.32 Å². The predicted octanol–water partition coefficient (Wildman–Crippen LogP) is 2.33. The van der Waals surface area contributed by atoms with Crippen LogP contribution < -0.4 is 16.6 Å². The van der Waals surface area contributed by atoms with Gasteiger partial charge in [0.1, 0.15) is 0 Å². The molecule has 1 aromatic carbocycles. The average molecular weight is 377 g/mol. The third kappa shape index (κ3) is 4.04. The Bertz CT molecular complexity index is 1040. The maximum atomic E-state index is 12.2. The first kappa shape index (κ1) is 17.1. The Morgan fingerprint density at radius 1 is 1.24 bits per heavy atom. The minimum atomic E-state index is -0.598. The number of halogens is 1. The number of anilines is 1. The second-order valence-electron chi connectivity index (χ2n) is 5.28. The number of aryl methyl sites for hydroxylation is 1. The number of rotatable bonds is 4. The van der Waals surface area contributed by atoms with Crippen molar-refractivity contribution in [1.29, 1.82) is 0 Å². The maximum Gasteiger partial charge on any atom is 0.325 e. The fraction of sp³-hybridized carbons (Fsp3) is 0.125. The van der Waals surface area contributed by atoms with E-state index >= 15 is 0 Å². The number of aromatic nitrogens is 3. The van der Waals surface area contributed by atoms with E-state index in [1.165, 1.54) is 11.3 Å². The van der Waals surface area contributed by atoms with Gasteiger partial charge >= 0.3 is 5.69 Å². The monoisotopic (exact) mass is 376 g/mol. The van der Waals surface area contributed by atoms with E-state index in [1.807, 2.05) is 17.5 Å². The molecule has 128 valence electrons. The van der Waals surface area contributed by atoms with Crippen molar-refractivity contribution in [3.8, 4) is 11.3 Å². The molecule has 25 heavy (non-hydrogen) atoms. The van der Waals surface area contributed by atoms with Gasteiger partial charge < -0.3 is 10.3 Å². The Labute approximate surface area is 150 Å². The number of nitrogens with one attached hydrogen (secondary N) is 3. The fourth-order valence-electron chi connectivity index (χ4n) is 2.25. The molecule has 3 rings (SSSR count). The van der Waals surface area contributed by atoms with Gasteiger partial charge in [-0.1, -0.05) is 23.7 Å². The van der Waals surface area contributed by atoms with Crippen LogP contribution in [-0.2, 0) is 11.2 Å². The summed E-state index contributed by atoms with van der Waals surface area (Å²) in [6.07, 6.45) is -0.159. The van der Waals surface area contributed by atoms with Gasteiger partial charge in [0.2, 0.25) is 5.91 Å². The van der Waals surface area contributed by atoms with E-state index in [9.17, 15) is 14.4 Å². The Kier molecular flexibility index (Phi) is 4.82. The molecule has 0 atom stereocenters. The molecule has 0 saturated carbocycles. The molecule has 7 nitrogen and oxygen atoms in total. The normalized spacial score (nSPS) is 10.6. The number of H-pyrrole nitrogens is 2. The zero-order chi connectivity index (χ0) is 18.0. The smallest absolute Gasteiger partial charge is 0.311 e. The molecule has 0 spiro atoms. The van der Waals surface area contributed by atoms with E-state index < -0.39 is 17.2 Å². The lowest BCUT2D eigenvalue weighted by atomic mass is 10.1. The number of hydrogen-bond acceptors (Lipinski definition) is 5. The predicted molar refractivity (Wildman–Crippen MR) is 97.3 cm³/mol. The Hall–Kier alpha value is -2.71. The molecule has 0 unspecified atom stereocenters. The van der Waals surface area contributed by atoms with E-state index in [0.29, 0.717) is 15.8 Å². The third-order valence-electron chi connectivity index (χ3n) is 3.48. The van der Waals surface area contributed by atoms with Crippen LogP contribution in [0.15, 0.2) is 39.2 Å². The molecule has 0 bridgehead atoms. The van der Waals surface area contributed by atoms with Crippen molar-refractivity contribution in [1.82, 2.24) is 15.0 Å². The van der Waals surface area contributed by atoms with E-state index in [-0.39, 0.29) is 12.0 Å². The van der Waals surface area contributed by atoms with Gasteiger partial charge in [0, 0.05) is 27.2 Å². The average Bonchev–Trinajstić information content (AvgIpc) is 3.00. The lowest BCUT2D eigenvalue weighted by Gasteiger charge is -2.04. The van der Waals surface area contributed by atoms with Crippen LogP contribution in [0.25, 0.3) is 11.3 Å². The van der Waals surface area contributed by atoms with Gasteiger partial charge in [-0.2, -0.15) is 0 Å². The molecular formula is C16H13ClN4O3S. The summed E-state index contributed by atoms with van der Waals surface area (Å²) in [6.45, 7) is 1.57. The number of nitrogens with zero attached hydrogens (tertiary/aromatic N) is 1. The van der Waals surface area contributed by atoms with Gasteiger partial charge in [0.05, 0.1) is 12.1 Å². The SMILES string of the molecule is Cc1[nH]c(=O)[nH]c(=O)c1CC(=O)Nc1nc(-c2ccc(Cl)cc2)cs1. The highest BCUT2D eigenvalue weighted by molar-refractivity contribution is 7.14. The minimum Gasteiger partial charge on any atom is -0.311 e. The first-order chi connectivity index (χ1) is 11.9. The molecule has 0 saturated heterocycles. The second-order valence-corrected chi connectivity index (χ2v) is 6.58. The number of carbonyl (C=O) groups excluding carboxylic acids is 1. The lowest BCUT2D eigenvalue weighted by Crippen LogP contribution is -2.29. The summed E-state index contributed by atoms with van der Waals surface area (Å²) in [5.41, 5.74) is 1.01. The van der Waals surface area contributed by atoms with Crippen molar-refractivity contribution in [3.05, 3.63) is 66.8 Å². The van der Waals surface area contributed by atoms with Gasteiger partial charge in [-0.15, -0.1) is 11.3 Å². The Morgan fingerprint density at radius 2 is 1.96 bits per heavy atom. The van der Waals surface area contributed by atoms with Gasteiger partial charge in [-0.3, -0.25) is 14.6 Å². The van der Waals surface area contributed by atoms with Crippen molar-refractivity contribution in [2.45, 2.75) is 13.3 Å². The number of aromatic amines is 2. The molecule has 0 fully saturated rings. The number of hydrogen-bond donors (Lipinski definition) is 3. The zero-order valence-corrected chi connectivity index (χ0v) is 14.6. The van der Waals surface area contributed by atoms with Crippen LogP contribution in [0.4, 0.5) is 5.13 Å². The summed E-state index contributed by atoms with van der Waals surface area (Å²) in [5, 5.41) is 5.53. The van der Waals surface area contributed by atoms with Crippen molar-refractivity contribution in [3.63, 3.8) is 0 Å². The van der Waals surface area contributed by atoms with E-state index in [1.54, 1.807) is 19.1 Å². The van der Waals surface area contributed by atoms with Gasteiger partial charge in [0.25, 0.3) is 5.56 Å². The van der Waals surface area contributed by atoms with Gasteiger partial charge in [-0.25, -0.2) is 9.78 Å². The summed E-state index contributed by atoms with van der Waals surface area (Å²) < 4.78 is 0. The van der Waals surface area contributed by atoms with Crippen LogP contribution in [0.3, 0.4) is 0 Å². The second kappa shape index (κ2) is 7.04. The van der Waals surface area contributed by atoms with Crippen molar-refractivity contribution >= 4 is 34.0 Å². The van der Waals surface area contributed by atoms with Gasteiger partial charge in [-0.05, 0) is 19.1 Å². The largest absolute Gasteiger partial charge is 0.325 e. The van der Waals surface area contributed by atoms with Crippen LogP contribution in [0.5, 0.6) is 0 Å². The molecule has 0 aliphatic carbocycles. The standard InChI is InChI=1S/C16H13ClN4O3S/c1-8-11(14(23)21-15(24)18-8)6-13(22)20-16-19-12(7-25-16)9-2-4-10(17)5-3-9/h2-5,7H,6H2,1H3,(H,19,20,22)(H2,18,21,23,24). The molecule has 3 N–H and O–H groups in total. The minimum absolute atomic E-state index is 0.159. The van der Waals surface area contributed by atoms with Crippen LogP contribution in [0.1, 0.15) is 11.3 Å².